The molecule has 2 nitrogen and oxygen atoms in total. The maximum atomic E-state index is 6.03. The topological polar surface area (TPSA) is 24.4 Å². The van der Waals surface area contributed by atoms with Crippen LogP contribution in [0.1, 0.15) is 19.8 Å². The van der Waals surface area contributed by atoms with Crippen LogP contribution >= 0.6 is 34.8 Å². The summed E-state index contributed by atoms with van der Waals surface area (Å²) in [5.41, 5.74) is 5.81. The third-order valence-corrected chi connectivity index (χ3v) is 3.32. The highest BCUT2D eigenvalue weighted by Crippen LogP contribution is 2.33. The molecule has 0 amide bonds. The number of nitrogens with zero attached hydrogens (tertiary/aromatic N) is 1. The molecule has 2 rings (SSSR count). The molecule has 0 spiro atoms. The number of hydrazone groups is 1. The van der Waals surface area contributed by atoms with Gasteiger partial charge in [-0.25, -0.2) is 0 Å². The van der Waals surface area contributed by atoms with Crippen molar-refractivity contribution in [1.82, 2.24) is 0 Å². The van der Waals surface area contributed by atoms with Gasteiger partial charge in [0.15, 0.2) is 0 Å². The summed E-state index contributed by atoms with van der Waals surface area (Å²) in [7, 11) is 0. The SMILES string of the molecule is CC1=C/C(=N/Nc2c(Cl)cc(Cl)cc2Cl)CC1. The van der Waals surface area contributed by atoms with E-state index >= 15 is 0 Å². The highest BCUT2D eigenvalue weighted by Gasteiger charge is 2.09. The first kappa shape index (κ1) is 12.7. The third-order valence-electron chi connectivity index (χ3n) is 2.51. The van der Waals surface area contributed by atoms with Crippen molar-refractivity contribution < 1.29 is 0 Å². The molecule has 1 N–H and O–H groups in total. The summed E-state index contributed by atoms with van der Waals surface area (Å²) in [5, 5.41) is 5.71. The first-order chi connectivity index (χ1) is 8.06. The van der Waals surface area contributed by atoms with Crippen LogP contribution in [-0.4, -0.2) is 5.71 Å². The Morgan fingerprint density at radius 1 is 1.12 bits per heavy atom. The second-order valence-corrected chi connectivity index (χ2v) is 5.20. The summed E-state index contributed by atoms with van der Waals surface area (Å²) in [5.74, 6) is 0. The van der Waals surface area contributed by atoms with Crippen molar-refractivity contribution in [2.24, 2.45) is 5.10 Å². The zero-order valence-electron chi connectivity index (χ0n) is 9.23. The number of anilines is 1. The summed E-state index contributed by atoms with van der Waals surface area (Å²) >= 11 is 17.9. The van der Waals surface area contributed by atoms with Gasteiger partial charge in [0.1, 0.15) is 0 Å². The minimum atomic E-state index is 0.463. The van der Waals surface area contributed by atoms with Crippen LogP contribution in [0.5, 0.6) is 0 Å². The largest absolute Gasteiger partial charge is 0.275 e. The lowest BCUT2D eigenvalue weighted by Crippen LogP contribution is -1.97. The van der Waals surface area contributed by atoms with Gasteiger partial charge in [0.25, 0.3) is 0 Å². The number of halogens is 3. The molecule has 1 aliphatic carbocycles. The van der Waals surface area contributed by atoms with Crippen LogP contribution in [0.4, 0.5) is 5.69 Å². The number of rotatable bonds is 2. The van der Waals surface area contributed by atoms with Crippen molar-refractivity contribution in [2.75, 3.05) is 5.43 Å². The maximum absolute atomic E-state index is 6.03. The lowest BCUT2D eigenvalue weighted by Gasteiger charge is -2.07. The Morgan fingerprint density at radius 2 is 1.76 bits per heavy atom. The predicted octanol–water partition coefficient (Wildman–Crippen LogP) is 5.15. The standard InChI is InChI=1S/C12H11Cl3N2/c1-7-2-3-9(4-7)16-17-12-10(14)5-8(13)6-11(12)15/h4-6,17H,2-3H2,1H3/b16-9+. The zero-order chi connectivity index (χ0) is 12.4. The van der Waals surface area contributed by atoms with Crippen LogP contribution in [0, 0.1) is 0 Å². The van der Waals surface area contributed by atoms with Gasteiger partial charge >= 0.3 is 0 Å². The van der Waals surface area contributed by atoms with Gasteiger partial charge in [0, 0.05) is 5.02 Å². The van der Waals surface area contributed by atoms with E-state index in [4.69, 9.17) is 34.8 Å². The van der Waals surface area contributed by atoms with Gasteiger partial charge < -0.3 is 0 Å². The minimum Gasteiger partial charge on any atom is -0.275 e. The smallest absolute Gasteiger partial charge is 0.0935 e. The van der Waals surface area contributed by atoms with E-state index in [-0.39, 0.29) is 0 Å². The Labute approximate surface area is 115 Å². The molecule has 1 aromatic rings. The highest BCUT2D eigenvalue weighted by molar-refractivity contribution is 6.41. The van der Waals surface area contributed by atoms with Crippen LogP contribution in [0.15, 0.2) is 28.9 Å². The summed E-state index contributed by atoms with van der Waals surface area (Å²) < 4.78 is 0. The Morgan fingerprint density at radius 3 is 2.29 bits per heavy atom. The second kappa shape index (κ2) is 5.30. The number of allylic oxidation sites excluding steroid dienone is 2. The van der Waals surface area contributed by atoms with E-state index in [0.29, 0.717) is 20.8 Å². The van der Waals surface area contributed by atoms with Crippen LogP contribution in [-0.2, 0) is 0 Å². The fraction of sp³-hybridized carbons (Fsp3) is 0.250. The molecule has 0 unspecified atom stereocenters. The number of hydrogen-bond donors (Lipinski definition) is 1. The van der Waals surface area contributed by atoms with Gasteiger partial charge in [-0.3, -0.25) is 5.43 Å². The lowest BCUT2D eigenvalue weighted by atomic mass is 10.3. The molecular formula is C12H11Cl3N2. The summed E-state index contributed by atoms with van der Waals surface area (Å²) in [4.78, 5) is 0. The molecule has 1 aromatic carbocycles. The molecule has 0 atom stereocenters. The molecule has 0 fully saturated rings. The number of benzene rings is 1. The summed E-state index contributed by atoms with van der Waals surface area (Å²) in [6, 6.07) is 3.26. The predicted molar refractivity (Wildman–Crippen MR) is 75.5 cm³/mol. The fourth-order valence-electron chi connectivity index (χ4n) is 1.62. The van der Waals surface area contributed by atoms with Gasteiger partial charge in [0.2, 0.25) is 0 Å². The second-order valence-electron chi connectivity index (χ2n) is 3.95. The molecule has 90 valence electrons. The lowest BCUT2D eigenvalue weighted by molar-refractivity contribution is 1.05. The van der Waals surface area contributed by atoms with Crippen LogP contribution in [0.2, 0.25) is 15.1 Å². The van der Waals surface area contributed by atoms with E-state index in [1.807, 2.05) is 0 Å². The molecule has 1 aliphatic rings. The van der Waals surface area contributed by atoms with Crippen LogP contribution in [0.25, 0.3) is 0 Å². The Kier molecular flexibility index (Phi) is 3.97. The molecule has 0 saturated carbocycles. The van der Waals surface area contributed by atoms with Crippen molar-refractivity contribution in [2.45, 2.75) is 19.8 Å². The molecular weight excluding hydrogens is 279 g/mol. The molecule has 17 heavy (non-hydrogen) atoms. The average molecular weight is 290 g/mol. The van der Waals surface area contributed by atoms with E-state index in [1.54, 1.807) is 12.1 Å². The van der Waals surface area contributed by atoms with E-state index in [1.165, 1.54) is 5.57 Å². The van der Waals surface area contributed by atoms with Crippen molar-refractivity contribution >= 4 is 46.2 Å². The molecule has 0 radical (unpaired) electrons. The van der Waals surface area contributed by atoms with Gasteiger partial charge in [-0.05, 0) is 38.0 Å². The number of hydrogen-bond acceptors (Lipinski definition) is 2. The average Bonchev–Trinajstić information content (AvgIpc) is 2.62. The van der Waals surface area contributed by atoms with Crippen molar-refractivity contribution in [3.8, 4) is 0 Å². The van der Waals surface area contributed by atoms with Crippen molar-refractivity contribution in [1.29, 1.82) is 0 Å². The van der Waals surface area contributed by atoms with E-state index in [2.05, 4.69) is 23.5 Å². The fourth-order valence-corrected chi connectivity index (χ4v) is 2.52. The highest BCUT2D eigenvalue weighted by atomic mass is 35.5. The Bertz CT molecular complexity index is 483. The van der Waals surface area contributed by atoms with Gasteiger partial charge in [-0.1, -0.05) is 40.4 Å². The molecule has 0 saturated heterocycles. The Hall–Kier alpha value is -0.700. The molecule has 0 heterocycles. The van der Waals surface area contributed by atoms with Crippen molar-refractivity contribution in [3.63, 3.8) is 0 Å². The monoisotopic (exact) mass is 288 g/mol. The van der Waals surface area contributed by atoms with Crippen LogP contribution in [0.3, 0.4) is 0 Å². The third kappa shape index (κ3) is 3.15. The molecule has 0 aromatic heterocycles. The van der Waals surface area contributed by atoms with Gasteiger partial charge in [0.05, 0.1) is 21.4 Å². The zero-order valence-corrected chi connectivity index (χ0v) is 11.5. The Balaban J connectivity index is 2.20. The van der Waals surface area contributed by atoms with Gasteiger partial charge in [-0.2, -0.15) is 5.10 Å². The summed E-state index contributed by atoms with van der Waals surface area (Å²) in [6.45, 7) is 2.09. The summed E-state index contributed by atoms with van der Waals surface area (Å²) in [6.07, 6.45) is 4.06. The maximum Gasteiger partial charge on any atom is 0.0935 e. The van der Waals surface area contributed by atoms with E-state index < -0.39 is 0 Å². The molecule has 5 heteroatoms. The van der Waals surface area contributed by atoms with E-state index in [9.17, 15) is 0 Å². The normalized spacial score (nSPS) is 17.4. The quantitative estimate of drug-likeness (QED) is 0.748. The first-order valence-corrected chi connectivity index (χ1v) is 6.34. The first-order valence-electron chi connectivity index (χ1n) is 5.20. The minimum absolute atomic E-state index is 0.463. The number of nitrogens with one attached hydrogen (secondary N) is 1. The van der Waals surface area contributed by atoms with Gasteiger partial charge in [-0.15, -0.1) is 0 Å². The van der Waals surface area contributed by atoms with E-state index in [0.717, 1.165) is 18.6 Å². The van der Waals surface area contributed by atoms with Crippen LogP contribution < -0.4 is 5.43 Å². The molecule has 0 aliphatic heterocycles. The molecule has 0 bridgehead atoms. The van der Waals surface area contributed by atoms with Crippen molar-refractivity contribution in [3.05, 3.63) is 38.8 Å².